The minimum atomic E-state index is -2.90. The Balaban J connectivity index is 2.32. The van der Waals surface area contributed by atoms with Gasteiger partial charge in [0.15, 0.2) is 9.84 Å². The first-order valence-corrected chi connectivity index (χ1v) is 6.46. The lowest BCUT2D eigenvalue weighted by Gasteiger charge is -2.09. The van der Waals surface area contributed by atoms with Crippen molar-refractivity contribution in [3.63, 3.8) is 0 Å². The van der Waals surface area contributed by atoms with E-state index in [0.29, 0.717) is 19.3 Å². The Bertz CT molecular complexity index is 321. The van der Waals surface area contributed by atoms with Crippen molar-refractivity contribution >= 4 is 15.7 Å². The minimum absolute atomic E-state index is 0.0901. The summed E-state index contributed by atoms with van der Waals surface area (Å²) in [7, 11) is -2.90. The average molecular weight is 217 g/mol. The first-order valence-electron chi connectivity index (χ1n) is 4.64. The Hall–Kier alpha value is -0.840. The van der Waals surface area contributed by atoms with Crippen LogP contribution in [0, 0.1) is 0 Å². The largest absolute Gasteiger partial charge is 0.352 e. The van der Waals surface area contributed by atoms with Crippen LogP contribution in [0.15, 0.2) is 12.7 Å². The molecule has 0 spiro atoms. The molecule has 0 aromatic carbocycles. The first kappa shape index (κ1) is 11.2. The Morgan fingerprint density at radius 2 is 2.29 bits per heavy atom. The fourth-order valence-electron chi connectivity index (χ4n) is 1.44. The van der Waals surface area contributed by atoms with Gasteiger partial charge in [-0.25, -0.2) is 8.42 Å². The molecule has 1 aliphatic heterocycles. The van der Waals surface area contributed by atoms with Crippen LogP contribution in [0.25, 0.3) is 0 Å². The third-order valence-electron chi connectivity index (χ3n) is 2.17. The number of allylic oxidation sites excluding steroid dienone is 1. The third-order valence-corrected chi connectivity index (χ3v) is 3.94. The van der Waals surface area contributed by atoms with Crippen LogP contribution in [0.3, 0.4) is 0 Å². The van der Waals surface area contributed by atoms with Crippen LogP contribution in [0.5, 0.6) is 0 Å². The molecule has 1 aliphatic rings. The van der Waals surface area contributed by atoms with Crippen molar-refractivity contribution in [2.75, 3.05) is 11.5 Å². The van der Waals surface area contributed by atoms with E-state index in [-0.39, 0.29) is 23.5 Å². The summed E-state index contributed by atoms with van der Waals surface area (Å²) in [5, 5.41) is 2.70. The molecule has 1 amide bonds. The predicted octanol–water partition coefficient (Wildman–Crippen LogP) is 0.256. The number of sulfone groups is 1. The molecule has 0 bridgehead atoms. The van der Waals surface area contributed by atoms with Gasteiger partial charge in [0.1, 0.15) is 0 Å². The standard InChI is InChI=1S/C9H15NO3S/c1-2-3-4-9(11)10-8-5-6-14(12,13)7-8/h2,8H,1,3-7H2,(H,10,11). The Morgan fingerprint density at radius 3 is 2.79 bits per heavy atom. The molecular formula is C9H15NO3S. The van der Waals surface area contributed by atoms with Gasteiger partial charge >= 0.3 is 0 Å². The number of carbonyl (C=O) groups excluding carboxylic acids is 1. The van der Waals surface area contributed by atoms with Gasteiger partial charge in [0.05, 0.1) is 11.5 Å². The molecule has 1 N–H and O–H groups in total. The molecule has 1 rings (SSSR count). The maximum absolute atomic E-state index is 11.2. The molecule has 0 aromatic heterocycles. The van der Waals surface area contributed by atoms with E-state index in [4.69, 9.17) is 0 Å². The number of amides is 1. The van der Waals surface area contributed by atoms with E-state index in [1.54, 1.807) is 6.08 Å². The fraction of sp³-hybridized carbons (Fsp3) is 0.667. The molecule has 0 saturated carbocycles. The van der Waals surface area contributed by atoms with Gasteiger partial charge in [-0.15, -0.1) is 6.58 Å². The van der Waals surface area contributed by atoms with E-state index in [0.717, 1.165) is 0 Å². The molecule has 14 heavy (non-hydrogen) atoms. The fourth-order valence-corrected chi connectivity index (χ4v) is 3.12. The van der Waals surface area contributed by atoms with Crippen molar-refractivity contribution in [1.29, 1.82) is 0 Å². The van der Waals surface area contributed by atoms with E-state index >= 15 is 0 Å². The normalized spacial score (nSPS) is 24.4. The Morgan fingerprint density at radius 1 is 1.57 bits per heavy atom. The summed E-state index contributed by atoms with van der Waals surface area (Å²) in [5.74, 6) is 0.193. The highest BCUT2D eigenvalue weighted by molar-refractivity contribution is 7.91. The zero-order valence-corrected chi connectivity index (χ0v) is 8.85. The van der Waals surface area contributed by atoms with Crippen LogP contribution in [0.1, 0.15) is 19.3 Å². The van der Waals surface area contributed by atoms with Crippen molar-refractivity contribution in [1.82, 2.24) is 5.32 Å². The summed E-state index contributed by atoms with van der Waals surface area (Å²) in [4.78, 5) is 11.2. The van der Waals surface area contributed by atoms with E-state index in [2.05, 4.69) is 11.9 Å². The minimum Gasteiger partial charge on any atom is -0.352 e. The summed E-state index contributed by atoms with van der Waals surface area (Å²) < 4.78 is 22.1. The molecule has 5 heteroatoms. The maximum atomic E-state index is 11.2. The van der Waals surface area contributed by atoms with Crippen molar-refractivity contribution in [2.45, 2.75) is 25.3 Å². The van der Waals surface area contributed by atoms with E-state index in [1.165, 1.54) is 0 Å². The van der Waals surface area contributed by atoms with E-state index in [1.807, 2.05) is 0 Å². The van der Waals surface area contributed by atoms with Gasteiger partial charge in [-0.05, 0) is 12.8 Å². The zero-order chi connectivity index (χ0) is 10.6. The van der Waals surface area contributed by atoms with Crippen LogP contribution < -0.4 is 5.32 Å². The summed E-state index contributed by atoms with van der Waals surface area (Å²) in [5.41, 5.74) is 0. The molecule has 0 radical (unpaired) electrons. The van der Waals surface area contributed by atoms with E-state index < -0.39 is 9.84 Å². The van der Waals surface area contributed by atoms with Gasteiger partial charge in [0, 0.05) is 12.5 Å². The molecule has 0 aliphatic carbocycles. The number of rotatable bonds is 4. The summed E-state index contributed by atoms with van der Waals surface area (Å²) >= 11 is 0. The van der Waals surface area contributed by atoms with E-state index in [9.17, 15) is 13.2 Å². The van der Waals surface area contributed by atoms with Gasteiger partial charge in [0.25, 0.3) is 0 Å². The molecule has 1 fully saturated rings. The highest BCUT2D eigenvalue weighted by Crippen LogP contribution is 2.11. The van der Waals surface area contributed by atoms with Crippen molar-refractivity contribution < 1.29 is 13.2 Å². The third kappa shape index (κ3) is 3.49. The summed E-state index contributed by atoms with van der Waals surface area (Å²) in [6, 6.07) is -0.183. The molecule has 1 unspecified atom stereocenters. The number of carbonyl (C=O) groups is 1. The van der Waals surface area contributed by atoms with Crippen LogP contribution >= 0.6 is 0 Å². The summed E-state index contributed by atoms with van der Waals surface area (Å²) in [6.45, 7) is 3.51. The van der Waals surface area contributed by atoms with Gasteiger partial charge in [-0.2, -0.15) is 0 Å². The molecule has 1 saturated heterocycles. The Kier molecular flexibility index (Phi) is 3.69. The lowest BCUT2D eigenvalue weighted by atomic mass is 10.2. The van der Waals surface area contributed by atoms with Crippen LogP contribution in [0.4, 0.5) is 0 Å². The molecule has 4 nitrogen and oxygen atoms in total. The van der Waals surface area contributed by atoms with Crippen LogP contribution in [-0.4, -0.2) is 31.9 Å². The quantitative estimate of drug-likeness (QED) is 0.687. The highest BCUT2D eigenvalue weighted by Gasteiger charge is 2.28. The molecule has 1 atom stereocenters. The first-order chi connectivity index (χ1) is 6.53. The topological polar surface area (TPSA) is 63.2 Å². The molecule has 0 aromatic rings. The highest BCUT2D eigenvalue weighted by atomic mass is 32.2. The molecular weight excluding hydrogens is 202 g/mol. The lowest BCUT2D eigenvalue weighted by molar-refractivity contribution is -0.121. The maximum Gasteiger partial charge on any atom is 0.220 e. The smallest absolute Gasteiger partial charge is 0.220 e. The van der Waals surface area contributed by atoms with Gasteiger partial charge in [0.2, 0.25) is 5.91 Å². The monoisotopic (exact) mass is 217 g/mol. The van der Waals surface area contributed by atoms with Crippen molar-refractivity contribution in [2.24, 2.45) is 0 Å². The zero-order valence-electron chi connectivity index (χ0n) is 8.03. The van der Waals surface area contributed by atoms with Gasteiger partial charge in [-0.1, -0.05) is 6.08 Å². The molecule has 80 valence electrons. The lowest BCUT2D eigenvalue weighted by Crippen LogP contribution is -2.35. The second kappa shape index (κ2) is 4.59. The van der Waals surface area contributed by atoms with Gasteiger partial charge < -0.3 is 5.32 Å². The van der Waals surface area contributed by atoms with Gasteiger partial charge in [-0.3, -0.25) is 4.79 Å². The number of hydrogen-bond acceptors (Lipinski definition) is 3. The average Bonchev–Trinajstić information content (AvgIpc) is 2.42. The number of hydrogen-bond donors (Lipinski definition) is 1. The van der Waals surface area contributed by atoms with Crippen molar-refractivity contribution in [3.05, 3.63) is 12.7 Å². The second-order valence-electron chi connectivity index (χ2n) is 3.49. The molecule has 1 heterocycles. The van der Waals surface area contributed by atoms with Crippen LogP contribution in [-0.2, 0) is 14.6 Å². The Labute approximate surface area is 84.3 Å². The number of nitrogens with one attached hydrogen (secondary N) is 1. The SMILES string of the molecule is C=CCCC(=O)NC1CCS(=O)(=O)C1. The second-order valence-corrected chi connectivity index (χ2v) is 5.72. The summed E-state index contributed by atoms with van der Waals surface area (Å²) in [6.07, 6.45) is 3.23. The van der Waals surface area contributed by atoms with Crippen molar-refractivity contribution in [3.8, 4) is 0 Å². The van der Waals surface area contributed by atoms with Crippen LogP contribution in [0.2, 0.25) is 0 Å². The predicted molar refractivity (Wildman–Crippen MR) is 54.6 cm³/mol.